The Kier molecular flexibility index (Phi) is 5.34. The van der Waals surface area contributed by atoms with Gasteiger partial charge in [0.1, 0.15) is 5.01 Å². The fourth-order valence-electron chi connectivity index (χ4n) is 2.84. The van der Waals surface area contributed by atoms with Crippen molar-refractivity contribution < 1.29 is 14.3 Å². The maximum atomic E-state index is 12.2. The minimum atomic E-state index is -0.0292. The lowest BCUT2D eigenvalue weighted by Crippen LogP contribution is -2.24. The first kappa shape index (κ1) is 17.5. The number of carbonyl (C=O) groups excluding carboxylic acids is 1. The molecule has 0 bridgehead atoms. The fraction of sp³-hybridized carbons (Fsp3) is 0.238. The largest absolute Gasteiger partial charge is 0.490 e. The van der Waals surface area contributed by atoms with Gasteiger partial charge in [0.25, 0.3) is 0 Å². The predicted molar refractivity (Wildman–Crippen MR) is 105 cm³/mol. The molecule has 0 unspecified atom stereocenters. The topological polar surface area (TPSA) is 60.5 Å². The summed E-state index contributed by atoms with van der Waals surface area (Å²) in [4.78, 5) is 16.8. The molecule has 4 rings (SSSR count). The smallest absolute Gasteiger partial charge is 0.227 e. The van der Waals surface area contributed by atoms with E-state index in [1.54, 1.807) is 0 Å². The summed E-state index contributed by atoms with van der Waals surface area (Å²) in [6, 6.07) is 15.7. The van der Waals surface area contributed by atoms with Gasteiger partial charge in [0, 0.05) is 23.9 Å². The Morgan fingerprint density at radius 2 is 1.89 bits per heavy atom. The van der Waals surface area contributed by atoms with Crippen LogP contribution in [0.2, 0.25) is 0 Å². The quantitative estimate of drug-likeness (QED) is 0.731. The number of benzene rings is 2. The molecule has 0 spiro atoms. The van der Waals surface area contributed by atoms with Gasteiger partial charge in [-0.15, -0.1) is 11.3 Å². The summed E-state index contributed by atoms with van der Waals surface area (Å²) in [5, 5.41) is 5.70. The van der Waals surface area contributed by atoms with E-state index < -0.39 is 0 Å². The standard InChI is InChI=1S/C21H20N2O3S/c24-20(22-13-15-5-2-1-3-6-15)12-21-23-17(14-27-21)16-7-8-18-19(11-16)26-10-4-9-25-18/h1-3,5-8,11,14H,4,9-10,12-13H2,(H,22,24). The third-order valence-electron chi connectivity index (χ3n) is 4.24. The van der Waals surface area contributed by atoms with Crippen LogP contribution in [-0.2, 0) is 17.8 Å². The highest BCUT2D eigenvalue weighted by Crippen LogP contribution is 2.34. The Morgan fingerprint density at radius 1 is 1.07 bits per heavy atom. The Hall–Kier alpha value is -2.86. The predicted octanol–water partition coefficient (Wildman–Crippen LogP) is 3.83. The highest BCUT2D eigenvalue weighted by molar-refractivity contribution is 7.10. The molecule has 1 aromatic heterocycles. The summed E-state index contributed by atoms with van der Waals surface area (Å²) in [7, 11) is 0. The molecule has 5 nitrogen and oxygen atoms in total. The zero-order valence-corrected chi connectivity index (χ0v) is 15.6. The van der Waals surface area contributed by atoms with E-state index in [-0.39, 0.29) is 12.3 Å². The molecule has 6 heteroatoms. The van der Waals surface area contributed by atoms with Crippen molar-refractivity contribution in [1.29, 1.82) is 0 Å². The molecule has 0 radical (unpaired) electrons. The van der Waals surface area contributed by atoms with Crippen molar-refractivity contribution in [2.45, 2.75) is 19.4 Å². The summed E-state index contributed by atoms with van der Waals surface area (Å²) in [5.41, 5.74) is 2.89. The maximum absolute atomic E-state index is 12.2. The van der Waals surface area contributed by atoms with Gasteiger partial charge in [-0.2, -0.15) is 0 Å². The first-order chi connectivity index (χ1) is 13.3. The molecule has 138 valence electrons. The van der Waals surface area contributed by atoms with Gasteiger partial charge >= 0.3 is 0 Å². The molecule has 2 aromatic carbocycles. The first-order valence-electron chi connectivity index (χ1n) is 8.93. The monoisotopic (exact) mass is 380 g/mol. The average Bonchev–Trinajstić information content (AvgIpc) is 3.03. The Morgan fingerprint density at radius 3 is 2.74 bits per heavy atom. The van der Waals surface area contributed by atoms with Gasteiger partial charge in [-0.3, -0.25) is 4.79 Å². The summed E-state index contributed by atoms with van der Waals surface area (Å²) >= 11 is 1.49. The number of ether oxygens (including phenoxy) is 2. The summed E-state index contributed by atoms with van der Waals surface area (Å²) in [5.74, 6) is 1.49. The van der Waals surface area contributed by atoms with Crippen LogP contribution in [0.15, 0.2) is 53.9 Å². The van der Waals surface area contributed by atoms with Gasteiger partial charge in [0.2, 0.25) is 5.91 Å². The number of thiazole rings is 1. The van der Waals surface area contributed by atoms with E-state index in [0.717, 1.165) is 39.7 Å². The Balaban J connectivity index is 1.39. The second kappa shape index (κ2) is 8.22. The number of nitrogens with one attached hydrogen (secondary N) is 1. The maximum Gasteiger partial charge on any atom is 0.227 e. The van der Waals surface area contributed by atoms with E-state index in [4.69, 9.17) is 9.47 Å². The van der Waals surface area contributed by atoms with Gasteiger partial charge in [-0.25, -0.2) is 4.98 Å². The van der Waals surface area contributed by atoms with Crippen molar-refractivity contribution in [3.63, 3.8) is 0 Å². The van der Waals surface area contributed by atoms with Gasteiger partial charge in [-0.05, 0) is 23.8 Å². The minimum Gasteiger partial charge on any atom is -0.490 e. The van der Waals surface area contributed by atoms with E-state index in [2.05, 4.69) is 10.3 Å². The number of aromatic nitrogens is 1. The van der Waals surface area contributed by atoms with E-state index in [9.17, 15) is 4.79 Å². The molecule has 0 fully saturated rings. The van der Waals surface area contributed by atoms with Crippen molar-refractivity contribution in [2.24, 2.45) is 0 Å². The second-order valence-electron chi connectivity index (χ2n) is 6.28. The molecule has 0 aliphatic carbocycles. The first-order valence-corrected chi connectivity index (χ1v) is 9.81. The molecule has 27 heavy (non-hydrogen) atoms. The van der Waals surface area contributed by atoms with Crippen LogP contribution in [0, 0.1) is 0 Å². The Bertz CT molecular complexity index is 924. The molecular formula is C21H20N2O3S. The number of carbonyl (C=O) groups is 1. The van der Waals surface area contributed by atoms with Crippen molar-refractivity contribution in [3.8, 4) is 22.8 Å². The van der Waals surface area contributed by atoms with Crippen molar-refractivity contribution in [3.05, 3.63) is 64.5 Å². The van der Waals surface area contributed by atoms with Crippen LogP contribution < -0.4 is 14.8 Å². The van der Waals surface area contributed by atoms with Gasteiger partial charge in [0.05, 0.1) is 25.3 Å². The summed E-state index contributed by atoms with van der Waals surface area (Å²) in [6.07, 6.45) is 1.16. The van der Waals surface area contributed by atoms with E-state index in [1.165, 1.54) is 11.3 Å². The highest BCUT2D eigenvalue weighted by atomic mass is 32.1. The SMILES string of the molecule is O=C(Cc1nc(-c2ccc3c(c2)OCCCO3)cs1)NCc1ccccc1. The molecule has 2 heterocycles. The normalized spacial score (nSPS) is 13.0. The van der Waals surface area contributed by atoms with Crippen LogP contribution in [0.4, 0.5) is 0 Å². The third kappa shape index (κ3) is 4.46. The molecule has 1 amide bonds. The number of rotatable bonds is 5. The lowest BCUT2D eigenvalue weighted by Gasteiger charge is -2.08. The van der Waals surface area contributed by atoms with Gasteiger partial charge < -0.3 is 14.8 Å². The van der Waals surface area contributed by atoms with Crippen molar-refractivity contribution in [1.82, 2.24) is 10.3 Å². The average molecular weight is 380 g/mol. The lowest BCUT2D eigenvalue weighted by atomic mass is 10.1. The van der Waals surface area contributed by atoms with Crippen molar-refractivity contribution in [2.75, 3.05) is 13.2 Å². The fourth-order valence-corrected chi connectivity index (χ4v) is 3.65. The van der Waals surface area contributed by atoms with Gasteiger partial charge in [0.15, 0.2) is 11.5 Å². The lowest BCUT2D eigenvalue weighted by molar-refractivity contribution is -0.120. The molecule has 1 aliphatic rings. The van der Waals surface area contributed by atoms with Gasteiger partial charge in [-0.1, -0.05) is 30.3 Å². The molecule has 0 saturated heterocycles. The van der Waals surface area contributed by atoms with Crippen LogP contribution in [0.25, 0.3) is 11.3 Å². The highest BCUT2D eigenvalue weighted by Gasteiger charge is 2.14. The molecule has 1 aliphatic heterocycles. The van der Waals surface area contributed by atoms with Crippen molar-refractivity contribution >= 4 is 17.2 Å². The van der Waals surface area contributed by atoms with Crippen LogP contribution in [0.3, 0.4) is 0 Å². The number of hydrogen-bond donors (Lipinski definition) is 1. The third-order valence-corrected chi connectivity index (χ3v) is 5.09. The molecule has 0 atom stereocenters. The number of fused-ring (bicyclic) bond motifs is 1. The Labute approximate surface area is 162 Å². The zero-order chi connectivity index (χ0) is 18.5. The number of amides is 1. The number of hydrogen-bond acceptors (Lipinski definition) is 5. The summed E-state index contributed by atoms with van der Waals surface area (Å²) in [6.45, 7) is 1.85. The zero-order valence-electron chi connectivity index (χ0n) is 14.8. The molecule has 3 aromatic rings. The summed E-state index contributed by atoms with van der Waals surface area (Å²) < 4.78 is 11.4. The molecular weight excluding hydrogens is 360 g/mol. The minimum absolute atomic E-state index is 0.0292. The van der Waals surface area contributed by atoms with E-state index >= 15 is 0 Å². The van der Waals surface area contributed by atoms with Crippen LogP contribution in [0.5, 0.6) is 11.5 Å². The van der Waals surface area contributed by atoms with E-state index in [0.29, 0.717) is 19.8 Å². The molecule has 1 N–H and O–H groups in total. The van der Waals surface area contributed by atoms with Crippen LogP contribution in [0.1, 0.15) is 17.0 Å². The second-order valence-corrected chi connectivity index (χ2v) is 7.22. The number of nitrogens with zero attached hydrogens (tertiary/aromatic N) is 1. The van der Waals surface area contributed by atoms with E-state index in [1.807, 2.05) is 53.9 Å². The molecule has 0 saturated carbocycles. The van der Waals surface area contributed by atoms with Crippen LogP contribution in [-0.4, -0.2) is 24.1 Å². The van der Waals surface area contributed by atoms with Crippen LogP contribution >= 0.6 is 11.3 Å².